The maximum Gasteiger partial charge on any atom is 0.414 e. The van der Waals surface area contributed by atoms with Crippen LogP contribution in [0.2, 0.25) is 0 Å². The van der Waals surface area contributed by atoms with Crippen molar-refractivity contribution in [2.45, 2.75) is 36.3 Å². The Hall–Kier alpha value is -3.03. The molecule has 0 unspecified atom stereocenters. The first-order valence-electron chi connectivity index (χ1n) is 9.75. The van der Waals surface area contributed by atoms with E-state index in [0.717, 1.165) is 4.88 Å². The molecule has 32 heavy (non-hydrogen) atoms. The van der Waals surface area contributed by atoms with Gasteiger partial charge in [0.2, 0.25) is 15.9 Å². The van der Waals surface area contributed by atoms with Gasteiger partial charge in [-0.25, -0.2) is 13.2 Å². The number of sulfonamides is 1. The van der Waals surface area contributed by atoms with Crippen LogP contribution in [-0.4, -0.2) is 48.3 Å². The minimum absolute atomic E-state index is 0.00549. The number of non-ortho nitro benzene ring substituents is 1. The summed E-state index contributed by atoms with van der Waals surface area (Å²) in [6, 6.07) is 8.58. The fraction of sp³-hybridized carbons (Fsp3) is 0.368. The Labute approximate surface area is 187 Å². The average molecular weight is 481 g/mol. The number of piperidine rings is 1. The maximum absolute atomic E-state index is 12.9. The number of amides is 1. The number of rotatable bonds is 5. The van der Waals surface area contributed by atoms with E-state index in [0.29, 0.717) is 19.4 Å². The number of carbonyl (C=O) groups is 1. The van der Waals surface area contributed by atoms with Crippen molar-refractivity contribution in [2.24, 2.45) is 5.16 Å². The van der Waals surface area contributed by atoms with Crippen LogP contribution in [0.4, 0.5) is 10.5 Å². The minimum atomic E-state index is -3.79. The van der Waals surface area contributed by atoms with Crippen LogP contribution in [0.3, 0.4) is 0 Å². The number of alkyl carbamates (subject to hydrolysis) is 1. The lowest BCUT2D eigenvalue weighted by molar-refractivity contribution is -0.384. The first-order chi connectivity index (χ1) is 15.3. The zero-order chi connectivity index (χ0) is 22.8. The first-order valence-corrected chi connectivity index (χ1v) is 12.1. The molecular weight excluding hydrogens is 460 g/mol. The van der Waals surface area contributed by atoms with E-state index in [1.807, 2.05) is 17.5 Å². The fourth-order valence-corrected chi connectivity index (χ4v) is 5.64. The molecule has 1 N–H and O–H groups in total. The van der Waals surface area contributed by atoms with Gasteiger partial charge in [0.15, 0.2) is 0 Å². The van der Waals surface area contributed by atoms with Crippen molar-refractivity contribution < 1.29 is 27.7 Å². The highest BCUT2D eigenvalue weighted by atomic mass is 32.2. The molecule has 0 aliphatic carbocycles. The number of hydrogen-bond acceptors (Lipinski definition) is 9. The Balaban J connectivity index is 1.29. The summed E-state index contributed by atoms with van der Waals surface area (Å²) < 4.78 is 32.3. The molecule has 2 aromatic rings. The predicted molar refractivity (Wildman–Crippen MR) is 115 cm³/mol. The van der Waals surface area contributed by atoms with Crippen LogP contribution in [0.25, 0.3) is 0 Å². The van der Waals surface area contributed by atoms with Gasteiger partial charge in [0.05, 0.1) is 22.8 Å². The van der Waals surface area contributed by atoms with E-state index >= 15 is 0 Å². The number of ether oxygens (including phenoxy) is 1. The molecular formula is C19H20N4O7S2. The third kappa shape index (κ3) is 4.74. The Kier molecular flexibility index (Phi) is 6.13. The van der Waals surface area contributed by atoms with Gasteiger partial charge >= 0.3 is 6.09 Å². The van der Waals surface area contributed by atoms with Crippen LogP contribution in [0.15, 0.2) is 51.8 Å². The quantitative estimate of drug-likeness (QED) is 0.512. The van der Waals surface area contributed by atoms with Gasteiger partial charge in [-0.2, -0.15) is 4.31 Å². The van der Waals surface area contributed by atoms with E-state index in [1.54, 1.807) is 0 Å². The second-order valence-electron chi connectivity index (χ2n) is 7.41. The number of benzene rings is 1. The monoisotopic (exact) mass is 480 g/mol. The van der Waals surface area contributed by atoms with Crippen molar-refractivity contribution in [2.75, 3.05) is 13.1 Å². The third-order valence-corrected chi connectivity index (χ3v) is 8.12. The molecule has 13 heteroatoms. The predicted octanol–water partition coefficient (Wildman–Crippen LogP) is 2.84. The van der Waals surface area contributed by atoms with E-state index < -0.39 is 26.6 Å². The number of nitro groups is 1. The highest BCUT2D eigenvalue weighted by molar-refractivity contribution is 7.89. The zero-order valence-electron chi connectivity index (χ0n) is 16.8. The SMILES string of the molecule is O=C(NCc1cccs1)OC1=NOC2(CCN(S(=O)(=O)c3ccc([N+](=O)[O-])cc3)CC2)C1. The topological polar surface area (TPSA) is 140 Å². The molecule has 0 bridgehead atoms. The molecule has 4 rings (SSSR count). The number of hydrogen-bond donors (Lipinski definition) is 1. The van der Waals surface area contributed by atoms with E-state index in [9.17, 15) is 23.3 Å². The van der Waals surface area contributed by atoms with E-state index in [2.05, 4.69) is 10.5 Å². The Morgan fingerprint density at radius 3 is 2.62 bits per heavy atom. The van der Waals surface area contributed by atoms with Crippen LogP contribution < -0.4 is 5.32 Å². The van der Waals surface area contributed by atoms with Gasteiger partial charge in [-0.05, 0) is 23.6 Å². The number of nitro benzene ring substituents is 1. The lowest BCUT2D eigenvalue weighted by atomic mass is 9.89. The lowest BCUT2D eigenvalue weighted by Gasteiger charge is -2.36. The van der Waals surface area contributed by atoms with Crippen molar-refractivity contribution in [3.05, 3.63) is 56.8 Å². The molecule has 0 radical (unpaired) electrons. The highest BCUT2D eigenvalue weighted by Crippen LogP contribution is 2.36. The van der Waals surface area contributed by atoms with Crippen LogP contribution in [0.5, 0.6) is 0 Å². The molecule has 11 nitrogen and oxygen atoms in total. The Morgan fingerprint density at radius 1 is 1.28 bits per heavy atom. The zero-order valence-corrected chi connectivity index (χ0v) is 18.4. The van der Waals surface area contributed by atoms with Gasteiger partial charge < -0.3 is 14.9 Å². The van der Waals surface area contributed by atoms with Crippen molar-refractivity contribution in [3.63, 3.8) is 0 Å². The van der Waals surface area contributed by atoms with Crippen LogP contribution >= 0.6 is 11.3 Å². The molecule has 1 fully saturated rings. The summed E-state index contributed by atoms with van der Waals surface area (Å²) in [6.07, 6.45) is 0.375. The number of carbonyl (C=O) groups excluding carboxylic acids is 1. The lowest BCUT2D eigenvalue weighted by Crippen LogP contribution is -2.46. The van der Waals surface area contributed by atoms with Crippen LogP contribution in [-0.2, 0) is 26.1 Å². The number of nitrogens with zero attached hydrogens (tertiary/aromatic N) is 3. The summed E-state index contributed by atoms with van der Waals surface area (Å²) in [5, 5.41) is 19.2. The summed E-state index contributed by atoms with van der Waals surface area (Å²) in [7, 11) is -3.79. The first kappa shape index (κ1) is 22.2. The molecule has 1 saturated heterocycles. The maximum atomic E-state index is 12.9. The van der Waals surface area contributed by atoms with E-state index in [4.69, 9.17) is 9.57 Å². The average Bonchev–Trinajstić information content (AvgIpc) is 3.43. The summed E-state index contributed by atoms with van der Waals surface area (Å²) in [6.45, 7) is 0.727. The summed E-state index contributed by atoms with van der Waals surface area (Å²) >= 11 is 1.52. The third-order valence-electron chi connectivity index (χ3n) is 5.33. The highest BCUT2D eigenvalue weighted by Gasteiger charge is 2.45. The Bertz CT molecular complexity index is 1120. The van der Waals surface area contributed by atoms with Gasteiger partial charge in [-0.3, -0.25) is 10.1 Å². The number of thiophene rings is 1. The summed E-state index contributed by atoms with van der Waals surface area (Å²) in [5.74, 6) is 0.153. The Morgan fingerprint density at radius 2 is 2.00 bits per heavy atom. The smallest absolute Gasteiger partial charge is 0.392 e. The summed E-state index contributed by atoms with van der Waals surface area (Å²) in [4.78, 5) is 28.7. The molecule has 1 aromatic heterocycles. The normalized spacial score (nSPS) is 18.1. The van der Waals surface area contributed by atoms with Crippen molar-refractivity contribution in [3.8, 4) is 0 Å². The van der Waals surface area contributed by atoms with E-state index in [1.165, 1.54) is 39.9 Å². The van der Waals surface area contributed by atoms with Crippen LogP contribution in [0.1, 0.15) is 24.1 Å². The molecule has 3 heterocycles. The van der Waals surface area contributed by atoms with Gasteiger partial charge in [0, 0.05) is 42.9 Å². The molecule has 1 aromatic carbocycles. The molecule has 0 saturated carbocycles. The van der Waals surface area contributed by atoms with Gasteiger partial charge in [0.1, 0.15) is 5.60 Å². The van der Waals surface area contributed by atoms with Gasteiger partial charge in [0.25, 0.3) is 5.69 Å². The fourth-order valence-electron chi connectivity index (χ4n) is 3.55. The van der Waals surface area contributed by atoms with Gasteiger partial charge in [-0.1, -0.05) is 11.2 Å². The summed E-state index contributed by atoms with van der Waals surface area (Å²) in [5.41, 5.74) is -0.893. The van der Waals surface area contributed by atoms with E-state index in [-0.39, 0.29) is 36.0 Å². The van der Waals surface area contributed by atoms with Gasteiger partial charge in [-0.15, -0.1) is 11.3 Å². The molecule has 0 atom stereocenters. The second kappa shape index (κ2) is 8.84. The molecule has 1 amide bonds. The standard InChI is InChI=1S/C19H20N4O7S2/c24-18(20-13-15-2-1-11-31-15)29-17-12-19(30-21-17)7-9-22(10-8-19)32(27,28)16-5-3-14(4-6-16)23(25)26/h1-6,11H,7-10,12-13H2,(H,20,24). The second-order valence-corrected chi connectivity index (χ2v) is 10.4. The van der Waals surface area contributed by atoms with Crippen molar-refractivity contribution in [1.82, 2.24) is 9.62 Å². The largest absolute Gasteiger partial charge is 0.414 e. The minimum Gasteiger partial charge on any atom is -0.392 e. The molecule has 170 valence electrons. The molecule has 2 aliphatic rings. The molecule has 1 spiro atoms. The molecule has 2 aliphatic heterocycles. The number of oxime groups is 1. The number of nitrogens with one attached hydrogen (secondary N) is 1. The van der Waals surface area contributed by atoms with Crippen LogP contribution in [0, 0.1) is 10.1 Å². The van der Waals surface area contributed by atoms with Crippen molar-refractivity contribution in [1.29, 1.82) is 0 Å². The van der Waals surface area contributed by atoms with Crippen molar-refractivity contribution >= 4 is 39.0 Å².